The van der Waals surface area contributed by atoms with Crippen molar-refractivity contribution in [2.24, 2.45) is 16.5 Å². The highest BCUT2D eigenvalue weighted by atomic mass is 32.2. The summed E-state index contributed by atoms with van der Waals surface area (Å²) in [4.78, 5) is 3.54. The van der Waals surface area contributed by atoms with Crippen LogP contribution in [0.25, 0.3) is 0 Å². The van der Waals surface area contributed by atoms with Crippen molar-refractivity contribution in [2.75, 3.05) is 0 Å². The van der Waals surface area contributed by atoms with Crippen molar-refractivity contribution >= 4 is 22.9 Å². The summed E-state index contributed by atoms with van der Waals surface area (Å²) >= 11 is 1.14. The van der Waals surface area contributed by atoms with Crippen LogP contribution in [0.2, 0.25) is 0 Å². The van der Waals surface area contributed by atoms with Gasteiger partial charge in [-0.1, -0.05) is 23.9 Å². The maximum atomic E-state index is 12.8. The van der Waals surface area contributed by atoms with Crippen LogP contribution in [0.5, 0.6) is 0 Å². The van der Waals surface area contributed by atoms with E-state index in [4.69, 9.17) is 16.9 Å². The maximum absolute atomic E-state index is 12.8. The molecule has 1 aromatic carbocycles. The molecule has 1 aromatic rings. The van der Waals surface area contributed by atoms with Gasteiger partial charge in [-0.05, 0) is 17.7 Å². The molecule has 0 amide bonds. The van der Waals surface area contributed by atoms with E-state index in [1.54, 1.807) is 12.1 Å². The third-order valence-corrected chi connectivity index (χ3v) is 2.34. The molecule has 0 saturated heterocycles. The molecule has 4 nitrogen and oxygen atoms in total. The van der Waals surface area contributed by atoms with Gasteiger partial charge in [0.15, 0.2) is 11.1 Å². The van der Waals surface area contributed by atoms with Gasteiger partial charge in [0.25, 0.3) is 0 Å². The smallest absolute Gasteiger partial charge is 0.193 e. The first-order chi connectivity index (χ1) is 7.08. The summed E-state index contributed by atoms with van der Waals surface area (Å²) in [7, 11) is 0. The van der Waals surface area contributed by atoms with Gasteiger partial charge in [0, 0.05) is 5.75 Å². The Kier molecular flexibility index (Phi) is 4.11. The van der Waals surface area contributed by atoms with Crippen LogP contribution in [-0.4, -0.2) is 11.1 Å². The zero-order chi connectivity index (χ0) is 11.3. The number of aliphatic imine (C=N–C) groups is 1. The monoisotopic (exact) mass is 226 g/mol. The topological polar surface area (TPSA) is 88.2 Å². The van der Waals surface area contributed by atoms with Crippen LogP contribution in [0.3, 0.4) is 0 Å². The van der Waals surface area contributed by atoms with Crippen molar-refractivity contribution in [3.63, 3.8) is 0 Å². The second-order valence-corrected chi connectivity index (χ2v) is 3.72. The predicted octanol–water partition coefficient (Wildman–Crippen LogP) is 1.27. The van der Waals surface area contributed by atoms with Crippen molar-refractivity contribution in [2.45, 2.75) is 5.75 Å². The van der Waals surface area contributed by atoms with E-state index in [-0.39, 0.29) is 16.9 Å². The van der Waals surface area contributed by atoms with Gasteiger partial charge in [-0.25, -0.2) is 4.39 Å². The molecular formula is C9H11FN4S. The fourth-order valence-electron chi connectivity index (χ4n) is 0.928. The van der Waals surface area contributed by atoms with E-state index in [0.717, 1.165) is 17.3 Å². The molecule has 80 valence electrons. The van der Waals surface area contributed by atoms with Gasteiger partial charge in [0.2, 0.25) is 0 Å². The molecule has 0 fully saturated rings. The average Bonchev–Trinajstić information content (AvgIpc) is 2.14. The second-order valence-electron chi connectivity index (χ2n) is 2.76. The number of nitrogens with zero attached hydrogens (tertiary/aromatic N) is 1. The third-order valence-electron chi connectivity index (χ3n) is 1.50. The Morgan fingerprint density at radius 2 is 2.20 bits per heavy atom. The van der Waals surface area contributed by atoms with E-state index < -0.39 is 0 Å². The van der Waals surface area contributed by atoms with E-state index in [0.29, 0.717) is 5.75 Å². The van der Waals surface area contributed by atoms with E-state index in [1.165, 1.54) is 12.1 Å². The molecule has 0 aromatic heterocycles. The van der Waals surface area contributed by atoms with Crippen LogP contribution in [0.4, 0.5) is 4.39 Å². The first-order valence-corrected chi connectivity index (χ1v) is 5.12. The highest BCUT2D eigenvalue weighted by Crippen LogP contribution is 2.14. The number of nitrogens with two attached hydrogens (primary N) is 2. The SMILES string of the molecule is N=C(N=C(N)N)SCc1cccc(F)c1. The molecule has 0 heterocycles. The summed E-state index contributed by atoms with van der Waals surface area (Å²) in [6.45, 7) is 0. The number of thioether (sulfide) groups is 1. The Labute approximate surface area is 91.1 Å². The minimum atomic E-state index is -0.290. The van der Waals surface area contributed by atoms with Crippen molar-refractivity contribution in [1.82, 2.24) is 0 Å². The lowest BCUT2D eigenvalue weighted by molar-refractivity contribution is 0.626. The van der Waals surface area contributed by atoms with Gasteiger partial charge in [-0.3, -0.25) is 5.41 Å². The maximum Gasteiger partial charge on any atom is 0.193 e. The molecular weight excluding hydrogens is 215 g/mol. The summed E-state index contributed by atoms with van der Waals surface area (Å²) in [5.74, 6) is 0.0288. The van der Waals surface area contributed by atoms with Crippen LogP contribution in [0.1, 0.15) is 5.56 Å². The molecule has 15 heavy (non-hydrogen) atoms. The molecule has 0 spiro atoms. The molecule has 5 N–H and O–H groups in total. The van der Waals surface area contributed by atoms with Crippen LogP contribution < -0.4 is 11.5 Å². The Hall–Kier alpha value is -1.56. The highest BCUT2D eigenvalue weighted by molar-refractivity contribution is 8.13. The minimum absolute atomic E-state index is 0.0132. The summed E-state index contributed by atoms with van der Waals surface area (Å²) < 4.78 is 12.8. The highest BCUT2D eigenvalue weighted by Gasteiger charge is 1.99. The molecule has 0 atom stereocenters. The van der Waals surface area contributed by atoms with Crippen LogP contribution in [0.15, 0.2) is 29.3 Å². The van der Waals surface area contributed by atoms with Gasteiger partial charge in [0.1, 0.15) is 5.82 Å². The van der Waals surface area contributed by atoms with E-state index in [1.807, 2.05) is 0 Å². The fraction of sp³-hybridized carbons (Fsp3) is 0.111. The minimum Gasteiger partial charge on any atom is -0.370 e. The molecule has 0 aliphatic carbocycles. The Morgan fingerprint density at radius 3 is 2.80 bits per heavy atom. The molecule has 0 unspecified atom stereocenters. The third kappa shape index (κ3) is 4.46. The van der Waals surface area contributed by atoms with Gasteiger partial charge < -0.3 is 11.5 Å². The zero-order valence-corrected chi connectivity index (χ0v) is 8.72. The fourth-order valence-corrected chi connectivity index (χ4v) is 1.58. The average molecular weight is 226 g/mol. The summed E-state index contributed by atoms with van der Waals surface area (Å²) in [6, 6.07) is 6.18. The van der Waals surface area contributed by atoms with Gasteiger partial charge >= 0.3 is 0 Å². The lowest BCUT2D eigenvalue weighted by atomic mass is 10.2. The van der Waals surface area contributed by atoms with E-state index in [9.17, 15) is 4.39 Å². The number of amidine groups is 1. The Morgan fingerprint density at radius 1 is 1.47 bits per heavy atom. The quantitative estimate of drug-likeness (QED) is 0.524. The summed E-state index contributed by atoms with van der Waals surface area (Å²) in [6.07, 6.45) is 0. The largest absolute Gasteiger partial charge is 0.370 e. The first kappa shape index (κ1) is 11.5. The lowest BCUT2D eigenvalue weighted by Gasteiger charge is -2.00. The standard InChI is InChI=1S/C9H11FN4S/c10-7-3-1-2-6(4-7)5-15-9(13)14-8(11)12/h1-4H,5H2,(H5,11,12,13,14). The molecule has 0 aliphatic rings. The molecule has 0 aliphatic heterocycles. The lowest BCUT2D eigenvalue weighted by Crippen LogP contribution is -2.23. The van der Waals surface area contributed by atoms with Crippen LogP contribution in [-0.2, 0) is 5.75 Å². The van der Waals surface area contributed by atoms with Crippen molar-refractivity contribution in [3.8, 4) is 0 Å². The van der Waals surface area contributed by atoms with Crippen molar-refractivity contribution in [1.29, 1.82) is 5.41 Å². The van der Waals surface area contributed by atoms with Gasteiger partial charge in [0.05, 0.1) is 0 Å². The molecule has 6 heteroatoms. The van der Waals surface area contributed by atoms with Gasteiger partial charge in [-0.15, -0.1) is 0 Å². The molecule has 0 bridgehead atoms. The Balaban J connectivity index is 2.51. The number of guanidine groups is 1. The van der Waals surface area contributed by atoms with E-state index in [2.05, 4.69) is 4.99 Å². The summed E-state index contributed by atoms with van der Waals surface area (Å²) in [5.41, 5.74) is 11.0. The summed E-state index contributed by atoms with van der Waals surface area (Å²) in [5, 5.41) is 7.36. The van der Waals surface area contributed by atoms with Gasteiger partial charge in [-0.2, -0.15) is 4.99 Å². The molecule has 0 radical (unpaired) electrons. The first-order valence-electron chi connectivity index (χ1n) is 4.13. The van der Waals surface area contributed by atoms with E-state index >= 15 is 0 Å². The normalized spacial score (nSPS) is 9.67. The number of halogens is 1. The number of hydrogen-bond donors (Lipinski definition) is 3. The van der Waals surface area contributed by atoms with Crippen LogP contribution >= 0.6 is 11.8 Å². The van der Waals surface area contributed by atoms with Crippen molar-refractivity contribution in [3.05, 3.63) is 35.6 Å². The number of rotatable bonds is 2. The molecule has 0 saturated carbocycles. The van der Waals surface area contributed by atoms with Crippen molar-refractivity contribution < 1.29 is 4.39 Å². The number of nitrogens with one attached hydrogen (secondary N) is 1. The molecule has 1 rings (SSSR count). The second kappa shape index (κ2) is 5.35. The predicted molar refractivity (Wildman–Crippen MR) is 61.2 cm³/mol. The van der Waals surface area contributed by atoms with Crippen LogP contribution in [0, 0.1) is 11.2 Å². The zero-order valence-electron chi connectivity index (χ0n) is 7.90. The number of hydrogen-bond acceptors (Lipinski definition) is 2. The number of benzene rings is 1. The Bertz CT molecular complexity index is 387.